The Morgan fingerprint density at radius 2 is 1.86 bits per heavy atom. The highest BCUT2D eigenvalue weighted by Gasteiger charge is 2.41. The summed E-state index contributed by atoms with van der Waals surface area (Å²) in [6, 6.07) is 8.53. The first-order chi connectivity index (χ1) is 13.8. The topological polar surface area (TPSA) is 63.2 Å². The van der Waals surface area contributed by atoms with Gasteiger partial charge in [0.1, 0.15) is 5.82 Å². The number of rotatable bonds is 5. The van der Waals surface area contributed by atoms with Crippen molar-refractivity contribution in [3.05, 3.63) is 36.7 Å². The van der Waals surface area contributed by atoms with Crippen molar-refractivity contribution >= 4 is 5.82 Å². The Labute approximate surface area is 166 Å². The van der Waals surface area contributed by atoms with Gasteiger partial charge in [0, 0.05) is 56.8 Å². The van der Waals surface area contributed by atoms with Crippen LogP contribution in [-0.4, -0.2) is 59.0 Å². The van der Waals surface area contributed by atoms with Gasteiger partial charge in [-0.15, -0.1) is 10.2 Å². The molecule has 0 amide bonds. The first kappa shape index (κ1) is 18.0. The van der Waals surface area contributed by atoms with Crippen LogP contribution in [0.5, 0.6) is 0 Å². The SMILES string of the molecule is c1cncc(-c2ccc(NC3C[C@@H]4CN(CC5CCOCC5)C[C@@H]4C3)nn2)c1. The van der Waals surface area contributed by atoms with Crippen LogP contribution < -0.4 is 5.32 Å². The van der Waals surface area contributed by atoms with Crippen molar-refractivity contribution in [2.75, 3.05) is 38.2 Å². The molecule has 1 aliphatic carbocycles. The van der Waals surface area contributed by atoms with Crippen molar-refractivity contribution in [3.63, 3.8) is 0 Å². The Kier molecular flexibility index (Phi) is 5.23. The minimum atomic E-state index is 0.527. The molecule has 3 atom stereocenters. The van der Waals surface area contributed by atoms with Gasteiger partial charge < -0.3 is 15.0 Å². The van der Waals surface area contributed by atoms with Crippen LogP contribution in [0, 0.1) is 17.8 Å². The van der Waals surface area contributed by atoms with Gasteiger partial charge in [0.2, 0.25) is 0 Å². The summed E-state index contributed by atoms with van der Waals surface area (Å²) in [5, 5.41) is 12.4. The molecule has 0 spiro atoms. The van der Waals surface area contributed by atoms with E-state index < -0.39 is 0 Å². The number of likely N-dealkylation sites (tertiary alicyclic amines) is 1. The summed E-state index contributed by atoms with van der Waals surface area (Å²) < 4.78 is 5.50. The minimum Gasteiger partial charge on any atom is -0.381 e. The normalized spacial score (nSPS) is 28.4. The van der Waals surface area contributed by atoms with Gasteiger partial charge in [-0.05, 0) is 67.7 Å². The Morgan fingerprint density at radius 3 is 2.54 bits per heavy atom. The molecule has 3 fully saturated rings. The molecule has 1 N–H and O–H groups in total. The quantitative estimate of drug-likeness (QED) is 0.861. The lowest BCUT2D eigenvalue weighted by atomic mass is 10.00. The molecule has 6 heteroatoms. The van der Waals surface area contributed by atoms with E-state index in [1.54, 1.807) is 6.20 Å². The van der Waals surface area contributed by atoms with Crippen molar-refractivity contribution in [2.24, 2.45) is 17.8 Å². The molecule has 1 saturated carbocycles. The Hall–Kier alpha value is -2.05. The number of hydrogen-bond acceptors (Lipinski definition) is 6. The second-order valence-corrected chi connectivity index (χ2v) is 8.65. The lowest BCUT2D eigenvalue weighted by Crippen LogP contribution is -2.32. The molecule has 2 aliphatic heterocycles. The van der Waals surface area contributed by atoms with Crippen molar-refractivity contribution in [1.29, 1.82) is 0 Å². The molecule has 148 valence electrons. The summed E-state index contributed by atoms with van der Waals surface area (Å²) in [5.74, 6) is 3.40. The molecule has 2 saturated heterocycles. The maximum absolute atomic E-state index is 5.50. The Balaban J connectivity index is 1.12. The molecule has 6 nitrogen and oxygen atoms in total. The fraction of sp³-hybridized carbons (Fsp3) is 0.591. The monoisotopic (exact) mass is 379 g/mol. The van der Waals surface area contributed by atoms with Crippen LogP contribution in [-0.2, 0) is 4.74 Å². The average Bonchev–Trinajstić information content (AvgIpc) is 3.28. The number of nitrogens with zero attached hydrogens (tertiary/aromatic N) is 4. The highest BCUT2D eigenvalue weighted by atomic mass is 16.5. The van der Waals surface area contributed by atoms with E-state index in [1.165, 1.54) is 45.3 Å². The maximum atomic E-state index is 5.50. The molecule has 2 aromatic rings. The summed E-state index contributed by atoms with van der Waals surface area (Å²) >= 11 is 0. The fourth-order valence-corrected chi connectivity index (χ4v) is 5.24. The number of fused-ring (bicyclic) bond motifs is 1. The molecule has 1 unspecified atom stereocenters. The van der Waals surface area contributed by atoms with Crippen molar-refractivity contribution in [1.82, 2.24) is 20.1 Å². The minimum absolute atomic E-state index is 0.527. The van der Waals surface area contributed by atoms with Crippen molar-refractivity contribution in [3.8, 4) is 11.3 Å². The van der Waals surface area contributed by atoms with E-state index in [0.717, 1.165) is 48.0 Å². The number of aromatic nitrogens is 3. The van der Waals surface area contributed by atoms with E-state index in [2.05, 4.69) is 25.4 Å². The zero-order valence-corrected chi connectivity index (χ0v) is 16.3. The number of hydrogen-bond donors (Lipinski definition) is 1. The largest absolute Gasteiger partial charge is 0.381 e. The second kappa shape index (κ2) is 8.13. The smallest absolute Gasteiger partial charge is 0.148 e. The number of pyridine rings is 1. The zero-order chi connectivity index (χ0) is 18.8. The van der Waals surface area contributed by atoms with E-state index in [9.17, 15) is 0 Å². The van der Waals surface area contributed by atoms with Crippen LogP contribution in [0.2, 0.25) is 0 Å². The van der Waals surface area contributed by atoms with Gasteiger partial charge in [-0.1, -0.05) is 0 Å². The van der Waals surface area contributed by atoms with Crippen LogP contribution in [0.4, 0.5) is 5.82 Å². The summed E-state index contributed by atoms with van der Waals surface area (Å²) in [6.45, 7) is 5.73. The molecule has 0 radical (unpaired) electrons. The van der Waals surface area contributed by atoms with Crippen LogP contribution >= 0.6 is 0 Å². The molecule has 0 aromatic carbocycles. The highest BCUT2D eigenvalue weighted by molar-refractivity contribution is 5.58. The van der Waals surface area contributed by atoms with E-state index in [-0.39, 0.29) is 0 Å². The molecule has 3 aliphatic rings. The van der Waals surface area contributed by atoms with Gasteiger partial charge in [-0.2, -0.15) is 0 Å². The maximum Gasteiger partial charge on any atom is 0.148 e. The Morgan fingerprint density at radius 1 is 1.04 bits per heavy atom. The number of ether oxygens (including phenoxy) is 1. The zero-order valence-electron chi connectivity index (χ0n) is 16.3. The van der Waals surface area contributed by atoms with Crippen molar-refractivity contribution < 1.29 is 4.74 Å². The van der Waals surface area contributed by atoms with E-state index >= 15 is 0 Å². The lowest BCUT2D eigenvalue weighted by Gasteiger charge is -2.27. The number of anilines is 1. The average molecular weight is 380 g/mol. The molecule has 5 rings (SSSR count). The summed E-state index contributed by atoms with van der Waals surface area (Å²) in [7, 11) is 0. The van der Waals surface area contributed by atoms with Crippen molar-refractivity contribution in [2.45, 2.75) is 31.7 Å². The van der Waals surface area contributed by atoms with Crippen LogP contribution in [0.1, 0.15) is 25.7 Å². The summed E-state index contributed by atoms with van der Waals surface area (Å²) in [6.07, 6.45) is 8.57. The molecule has 2 aromatic heterocycles. The van der Waals surface area contributed by atoms with Crippen LogP contribution in [0.25, 0.3) is 11.3 Å². The molecule has 28 heavy (non-hydrogen) atoms. The van der Waals surface area contributed by atoms with Gasteiger partial charge >= 0.3 is 0 Å². The lowest BCUT2D eigenvalue weighted by molar-refractivity contribution is 0.0545. The van der Waals surface area contributed by atoms with Gasteiger partial charge in [-0.3, -0.25) is 4.98 Å². The predicted octanol–water partition coefficient (Wildman–Crippen LogP) is 3.09. The first-order valence-corrected chi connectivity index (χ1v) is 10.6. The third-order valence-corrected chi connectivity index (χ3v) is 6.66. The van der Waals surface area contributed by atoms with Gasteiger partial charge in [0.15, 0.2) is 0 Å². The summed E-state index contributed by atoms with van der Waals surface area (Å²) in [5.41, 5.74) is 1.87. The standard InChI is InChI=1S/C22H29N5O/c1-2-17(12-23-7-1)21-3-4-22(26-25-21)24-20-10-18-14-27(15-19(18)11-20)13-16-5-8-28-9-6-16/h1-4,7,12,16,18-20H,5-6,8-11,13-15H2,(H,24,26)/t18-,19+,20?. The van der Waals surface area contributed by atoms with E-state index in [4.69, 9.17) is 4.74 Å². The molecule has 0 bridgehead atoms. The first-order valence-electron chi connectivity index (χ1n) is 10.6. The molecular weight excluding hydrogens is 350 g/mol. The van der Waals surface area contributed by atoms with Gasteiger partial charge in [0.25, 0.3) is 0 Å². The van der Waals surface area contributed by atoms with Crippen LogP contribution in [0.15, 0.2) is 36.7 Å². The van der Waals surface area contributed by atoms with E-state index in [0.29, 0.717) is 6.04 Å². The van der Waals surface area contributed by atoms with Gasteiger partial charge in [0.05, 0.1) is 5.69 Å². The van der Waals surface area contributed by atoms with E-state index in [1.807, 2.05) is 30.5 Å². The fourth-order valence-electron chi connectivity index (χ4n) is 5.24. The summed E-state index contributed by atoms with van der Waals surface area (Å²) in [4.78, 5) is 6.86. The number of nitrogens with one attached hydrogen (secondary N) is 1. The van der Waals surface area contributed by atoms with Crippen LogP contribution in [0.3, 0.4) is 0 Å². The third-order valence-electron chi connectivity index (χ3n) is 6.66. The third kappa shape index (κ3) is 4.03. The second-order valence-electron chi connectivity index (χ2n) is 8.65. The Bertz CT molecular complexity index is 748. The highest BCUT2D eigenvalue weighted by Crippen LogP contribution is 2.39. The molecular formula is C22H29N5O. The molecule has 4 heterocycles. The predicted molar refractivity (Wildman–Crippen MR) is 109 cm³/mol. The van der Waals surface area contributed by atoms with Gasteiger partial charge in [-0.25, -0.2) is 0 Å².